The fourth-order valence-electron chi connectivity index (χ4n) is 2.76. The maximum Gasteiger partial charge on any atom is 0.221 e. The van der Waals surface area contributed by atoms with Gasteiger partial charge < -0.3 is 10.2 Å². The first-order valence-electron chi connectivity index (χ1n) is 8.42. The van der Waals surface area contributed by atoms with Crippen LogP contribution in [0, 0.1) is 6.92 Å². The van der Waals surface area contributed by atoms with Crippen molar-refractivity contribution in [1.29, 1.82) is 0 Å². The zero-order chi connectivity index (χ0) is 15.9. The number of hydrogen-bond acceptors (Lipinski definition) is 3. The van der Waals surface area contributed by atoms with Crippen molar-refractivity contribution in [2.45, 2.75) is 39.7 Å². The highest BCUT2D eigenvalue weighted by Gasteiger charge is 2.18. The van der Waals surface area contributed by atoms with E-state index in [1.54, 1.807) is 0 Å². The van der Waals surface area contributed by atoms with Crippen molar-refractivity contribution in [3.8, 4) is 0 Å². The van der Waals surface area contributed by atoms with Crippen LogP contribution in [0.1, 0.15) is 32.3 Å². The van der Waals surface area contributed by atoms with E-state index in [1.165, 1.54) is 11.3 Å². The first-order chi connectivity index (χ1) is 10.6. The Hall–Kier alpha value is -1.55. The average molecular weight is 303 g/mol. The second-order valence-corrected chi connectivity index (χ2v) is 6.29. The Morgan fingerprint density at radius 3 is 2.64 bits per heavy atom. The Balaban J connectivity index is 1.72. The molecule has 22 heavy (non-hydrogen) atoms. The van der Waals surface area contributed by atoms with Crippen LogP contribution >= 0.6 is 0 Å². The number of nitrogens with zero attached hydrogens (tertiary/aromatic N) is 2. The second kappa shape index (κ2) is 8.18. The standard InChI is InChI=1S/C18H29N3O/c1-4-16(3)19-18(22)8-9-20-10-12-21(13-11-20)17-7-5-6-15(2)14-17/h5-7,14,16H,4,8-13H2,1-3H3,(H,19,22). The van der Waals surface area contributed by atoms with Crippen molar-refractivity contribution in [1.82, 2.24) is 10.2 Å². The predicted octanol–water partition coefficient (Wildman–Crippen LogP) is 2.42. The van der Waals surface area contributed by atoms with Crippen LogP contribution in [0.3, 0.4) is 0 Å². The molecule has 122 valence electrons. The van der Waals surface area contributed by atoms with Gasteiger partial charge in [-0.25, -0.2) is 0 Å². The van der Waals surface area contributed by atoms with Crippen molar-refractivity contribution >= 4 is 11.6 Å². The Kier molecular flexibility index (Phi) is 6.25. The van der Waals surface area contributed by atoms with Crippen LogP contribution in [0.25, 0.3) is 0 Å². The third kappa shape index (κ3) is 5.02. The van der Waals surface area contributed by atoms with E-state index < -0.39 is 0 Å². The normalized spacial score (nSPS) is 17.3. The van der Waals surface area contributed by atoms with Crippen molar-refractivity contribution < 1.29 is 4.79 Å². The van der Waals surface area contributed by atoms with E-state index in [-0.39, 0.29) is 11.9 Å². The van der Waals surface area contributed by atoms with Gasteiger partial charge in [0.1, 0.15) is 0 Å². The molecule has 1 N–H and O–H groups in total. The van der Waals surface area contributed by atoms with Crippen LogP contribution in [-0.2, 0) is 4.79 Å². The molecule has 0 saturated carbocycles. The first kappa shape index (κ1) is 16.8. The summed E-state index contributed by atoms with van der Waals surface area (Å²) in [5.74, 6) is 0.176. The number of hydrogen-bond donors (Lipinski definition) is 1. The van der Waals surface area contributed by atoms with Gasteiger partial charge in [-0.3, -0.25) is 9.69 Å². The third-order valence-corrected chi connectivity index (χ3v) is 4.41. The van der Waals surface area contributed by atoms with E-state index in [4.69, 9.17) is 0 Å². The van der Waals surface area contributed by atoms with E-state index in [2.05, 4.69) is 60.2 Å². The lowest BCUT2D eigenvalue weighted by molar-refractivity contribution is -0.122. The largest absolute Gasteiger partial charge is 0.369 e. The summed E-state index contributed by atoms with van der Waals surface area (Å²) in [7, 11) is 0. The molecule has 1 heterocycles. The van der Waals surface area contributed by atoms with Crippen LogP contribution in [0.4, 0.5) is 5.69 Å². The van der Waals surface area contributed by atoms with Crippen LogP contribution in [0.15, 0.2) is 24.3 Å². The number of benzene rings is 1. The lowest BCUT2D eigenvalue weighted by Crippen LogP contribution is -2.47. The molecule has 1 fully saturated rings. The van der Waals surface area contributed by atoms with Gasteiger partial charge in [-0.05, 0) is 38.0 Å². The summed E-state index contributed by atoms with van der Waals surface area (Å²) in [6.45, 7) is 11.3. The molecule has 1 atom stereocenters. The molecule has 4 nitrogen and oxygen atoms in total. The highest BCUT2D eigenvalue weighted by Crippen LogP contribution is 2.17. The van der Waals surface area contributed by atoms with Gasteiger partial charge in [0.2, 0.25) is 5.91 Å². The summed E-state index contributed by atoms with van der Waals surface area (Å²) in [5.41, 5.74) is 2.62. The number of carbonyl (C=O) groups is 1. The minimum absolute atomic E-state index is 0.176. The molecule has 1 aromatic rings. The van der Waals surface area contributed by atoms with E-state index >= 15 is 0 Å². The number of carbonyl (C=O) groups excluding carboxylic acids is 1. The number of anilines is 1. The van der Waals surface area contributed by atoms with E-state index in [1.807, 2.05) is 0 Å². The second-order valence-electron chi connectivity index (χ2n) is 6.29. The number of piperazine rings is 1. The minimum Gasteiger partial charge on any atom is -0.369 e. The third-order valence-electron chi connectivity index (χ3n) is 4.41. The first-order valence-corrected chi connectivity index (χ1v) is 8.42. The summed E-state index contributed by atoms with van der Waals surface area (Å²) in [5, 5.41) is 3.03. The molecule has 1 aliphatic heterocycles. The number of aryl methyl sites for hydroxylation is 1. The summed E-state index contributed by atoms with van der Waals surface area (Å²) in [6.07, 6.45) is 1.59. The predicted molar refractivity (Wildman–Crippen MR) is 92.3 cm³/mol. The molecule has 0 radical (unpaired) electrons. The zero-order valence-electron chi connectivity index (χ0n) is 14.1. The van der Waals surface area contributed by atoms with Gasteiger partial charge >= 0.3 is 0 Å². The van der Waals surface area contributed by atoms with Gasteiger partial charge in [-0.1, -0.05) is 19.1 Å². The van der Waals surface area contributed by atoms with Gasteiger partial charge in [-0.2, -0.15) is 0 Å². The summed E-state index contributed by atoms with van der Waals surface area (Å²) in [4.78, 5) is 16.7. The van der Waals surface area contributed by atoms with Crippen molar-refractivity contribution in [2.75, 3.05) is 37.6 Å². The molecule has 0 aliphatic carbocycles. The quantitative estimate of drug-likeness (QED) is 0.876. The lowest BCUT2D eigenvalue weighted by atomic mass is 10.2. The van der Waals surface area contributed by atoms with Gasteiger partial charge in [0.15, 0.2) is 0 Å². The van der Waals surface area contributed by atoms with Crippen LogP contribution in [-0.4, -0.2) is 49.6 Å². The summed E-state index contributed by atoms with van der Waals surface area (Å²) in [6, 6.07) is 8.97. The Bertz CT molecular complexity index is 481. The molecule has 0 aromatic heterocycles. The van der Waals surface area contributed by atoms with Crippen molar-refractivity contribution in [2.24, 2.45) is 0 Å². The maximum absolute atomic E-state index is 11.8. The fraction of sp³-hybridized carbons (Fsp3) is 0.611. The fourth-order valence-corrected chi connectivity index (χ4v) is 2.76. The zero-order valence-corrected chi connectivity index (χ0v) is 14.1. The Morgan fingerprint density at radius 1 is 1.27 bits per heavy atom. The minimum atomic E-state index is 0.176. The molecule has 0 bridgehead atoms. The van der Waals surface area contributed by atoms with Gasteiger partial charge in [0.25, 0.3) is 0 Å². The number of nitrogens with one attached hydrogen (secondary N) is 1. The molecule has 1 unspecified atom stereocenters. The molecule has 2 rings (SSSR count). The molecule has 4 heteroatoms. The molecule has 0 spiro atoms. The van der Waals surface area contributed by atoms with E-state index in [0.717, 1.165) is 39.1 Å². The highest BCUT2D eigenvalue weighted by molar-refractivity contribution is 5.76. The topological polar surface area (TPSA) is 35.6 Å². The van der Waals surface area contributed by atoms with Crippen molar-refractivity contribution in [3.05, 3.63) is 29.8 Å². The van der Waals surface area contributed by atoms with Crippen molar-refractivity contribution in [3.63, 3.8) is 0 Å². The Labute approximate surface area is 134 Å². The maximum atomic E-state index is 11.8. The molecule has 1 saturated heterocycles. The van der Waals surface area contributed by atoms with Gasteiger partial charge in [-0.15, -0.1) is 0 Å². The summed E-state index contributed by atoms with van der Waals surface area (Å²) >= 11 is 0. The van der Waals surface area contributed by atoms with Gasteiger partial charge in [0, 0.05) is 50.9 Å². The monoisotopic (exact) mass is 303 g/mol. The molecular weight excluding hydrogens is 274 g/mol. The molecule has 1 aromatic carbocycles. The number of rotatable bonds is 6. The molecular formula is C18H29N3O. The van der Waals surface area contributed by atoms with Crippen LogP contribution in [0.2, 0.25) is 0 Å². The smallest absolute Gasteiger partial charge is 0.221 e. The Morgan fingerprint density at radius 2 is 2.00 bits per heavy atom. The summed E-state index contributed by atoms with van der Waals surface area (Å²) < 4.78 is 0. The van der Waals surface area contributed by atoms with E-state index in [9.17, 15) is 4.79 Å². The highest BCUT2D eigenvalue weighted by atomic mass is 16.1. The SMILES string of the molecule is CCC(C)NC(=O)CCN1CCN(c2cccc(C)c2)CC1. The van der Waals surface area contributed by atoms with Crippen LogP contribution in [0.5, 0.6) is 0 Å². The molecule has 1 amide bonds. The number of amides is 1. The molecule has 1 aliphatic rings. The van der Waals surface area contributed by atoms with E-state index in [0.29, 0.717) is 6.42 Å². The van der Waals surface area contributed by atoms with Crippen LogP contribution < -0.4 is 10.2 Å². The lowest BCUT2D eigenvalue weighted by Gasteiger charge is -2.36. The van der Waals surface area contributed by atoms with Gasteiger partial charge in [0.05, 0.1) is 0 Å². The average Bonchev–Trinajstić information content (AvgIpc) is 2.53.